The van der Waals surface area contributed by atoms with Crippen molar-refractivity contribution in [2.24, 2.45) is 4.99 Å². The summed E-state index contributed by atoms with van der Waals surface area (Å²) < 4.78 is 16.2. The van der Waals surface area contributed by atoms with E-state index >= 15 is 0 Å². The fourth-order valence-electron chi connectivity index (χ4n) is 2.60. The maximum Gasteiger partial charge on any atom is 0.336 e. The molecule has 4 aromatic rings. The zero-order valence-corrected chi connectivity index (χ0v) is 12.7. The van der Waals surface area contributed by atoms with Crippen LogP contribution >= 0.6 is 0 Å². The van der Waals surface area contributed by atoms with Gasteiger partial charge >= 0.3 is 5.63 Å². The topological polar surface area (TPSA) is 77.8 Å². The van der Waals surface area contributed by atoms with Gasteiger partial charge in [0.1, 0.15) is 0 Å². The lowest BCUT2D eigenvalue weighted by molar-refractivity contribution is 0.403. The summed E-state index contributed by atoms with van der Waals surface area (Å²) >= 11 is 0. The highest BCUT2D eigenvalue weighted by Crippen LogP contribution is 2.42. The summed E-state index contributed by atoms with van der Waals surface area (Å²) in [6, 6.07) is 10.4. The van der Waals surface area contributed by atoms with Crippen molar-refractivity contribution in [1.82, 2.24) is 4.98 Å². The Morgan fingerprint density at radius 1 is 1.12 bits per heavy atom. The van der Waals surface area contributed by atoms with Crippen LogP contribution in [-0.2, 0) is 0 Å². The molecule has 1 aromatic carbocycles. The van der Waals surface area contributed by atoms with Crippen molar-refractivity contribution >= 4 is 33.8 Å². The highest BCUT2D eigenvalue weighted by molar-refractivity contribution is 6.11. The molecule has 0 aliphatic carbocycles. The number of benzene rings is 1. The van der Waals surface area contributed by atoms with E-state index in [1.807, 2.05) is 18.2 Å². The van der Waals surface area contributed by atoms with Gasteiger partial charge in [-0.2, -0.15) is 0 Å². The second kappa shape index (κ2) is 5.66. The van der Waals surface area contributed by atoms with Gasteiger partial charge in [0.05, 0.1) is 36.4 Å². The standard InChI is InChI=1S/C18H12N2O4/c1-22-18-16-13(7-9-23-16)15(12-5-6-14(21)24-17(12)18)20-10-11-4-2-3-8-19-11/h2-10H,1H3. The van der Waals surface area contributed by atoms with Gasteiger partial charge in [-0.3, -0.25) is 9.98 Å². The normalized spacial score (nSPS) is 11.5. The van der Waals surface area contributed by atoms with E-state index in [0.29, 0.717) is 28.0 Å². The molecule has 6 nitrogen and oxygen atoms in total. The highest BCUT2D eigenvalue weighted by Gasteiger charge is 2.18. The van der Waals surface area contributed by atoms with Crippen molar-refractivity contribution in [1.29, 1.82) is 0 Å². The molecular formula is C18H12N2O4. The monoisotopic (exact) mass is 320 g/mol. The van der Waals surface area contributed by atoms with Gasteiger partial charge in [-0.05, 0) is 24.3 Å². The van der Waals surface area contributed by atoms with Gasteiger partial charge in [-0.15, -0.1) is 0 Å². The van der Waals surface area contributed by atoms with Crippen LogP contribution in [0.4, 0.5) is 5.69 Å². The van der Waals surface area contributed by atoms with Crippen molar-refractivity contribution in [3.05, 3.63) is 65.0 Å². The summed E-state index contributed by atoms with van der Waals surface area (Å²) in [5.41, 5.74) is 1.67. The van der Waals surface area contributed by atoms with Gasteiger partial charge in [-0.25, -0.2) is 4.79 Å². The van der Waals surface area contributed by atoms with E-state index in [1.165, 1.54) is 13.2 Å². The number of furan rings is 1. The molecule has 0 N–H and O–H groups in total. The average molecular weight is 320 g/mol. The largest absolute Gasteiger partial charge is 0.490 e. The summed E-state index contributed by atoms with van der Waals surface area (Å²) in [6.45, 7) is 0. The fraction of sp³-hybridized carbons (Fsp3) is 0.0556. The second-order valence-electron chi connectivity index (χ2n) is 5.06. The number of fused-ring (bicyclic) bond motifs is 2. The molecule has 0 unspecified atom stereocenters. The summed E-state index contributed by atoms with van der Waals surface area (Å²) in [6.07, 6.45) is 4.89. The van der Waals surface area contributed by atoms with Crippen molar-refractivity contribution in [3.8, 4) is 5.75 Å². The summed E-state index contributed by atoms with van der Waals surface area (Å²) in [4.78, 5) is 20.4. The number of ether oxygens (including phenoxy) is 1. The Morgan fingerprint density at radius 3 is 2.79 bits per heavy atom. The van der Waals surface area contributed by atoms with E-state index in [9.17, 15) is 4.79 Å². The molecule has 0 fully saturated rings. The third-order valence-corrected chi connectivity index (χ3v) is 3.64. The van der Waals surface area contributed by atoms with E-state index in [-0.39, 0.29) is 0 Å². The first-order valence-corrected chi connectivity index (χ1v) is 7.24. The predicted molar refractivity (Wildman–Crippen MR) is 90.3 cm³/mol. The van der Waals surface area contributed by atoms with Crippen LogP contribution in [0.3, 0.4) is 0 Å². The number of hydrogen-bond donors (Lipinski definition) is 0. The maximum absolute atomic E-state index is 11.6. The Kier molecular flexibility index (Phi) is 3.35. The molecule has 0 aliphatic rings. The lowest BCUT2D eigenvalue weighted by atomic mass is 10.1. The zero-order valence-electron chi connectivity index (χ0n) is 12.7. The number of aromatic nitrogens is 1. The average Bonchev–Trinajstić information content (AvgIpc) is 3.08. The van der Waals surface area contributed by atoms with E-state index in [1.54, 1.807) is 30.8 Å². The molecule has 4 rings (SSSR count). The van der Waals surface area contributed by atoms with Crippen molar-refractivity contribution in [2.45, 2.75) is 0 Å². The Labute approximate surface area is 136 Å². The van der Waals surface area contributed by atoms with Crippen LogP contribution in [0.5, 0.6) is 5.75 Å². The SMILES string of the molecule is COc1c2occc2c(N=Cc2ccccn2)c2ccc(=O)oc12. The highest BCUT2D eigenvalue weighted by atomic mass is 16.5. The molecule has 0 spiro atoms. The van der Waals surface area contributed by atoms with Crippen molar-refractivity contribution in [2.75, 3.05) is 7.11 Å². The number of hydrogen-bond acceptors (Lipinski definition) is 6. The van der Waals surface area contributed by atoms with Crippen LogP contribution in [-0.4, -0.2) is 18.3 Å². The minimum Gasteiger partial charge on any atom is -0.490 e. The maximum atomic E-state index is 11.6. The smallest absolute Gasteiger partial charge is 0.336 e. The fourth-order valence-corrected chi connectivity index (χ4v) is 2.60. The molecule has 0 amide bonds. The predicted octanol–water partition coefficient (Wildman–Crippen LogP) is 3.69. The number of rotatable bonds is 3. The molecule has 0 radical (unpaired) electrons. The molecule has 0 bridgehead atoms. The van der Waals surface area contributed by atoms with Gasteiger partial charge in [0, 0.05) is 17.6 Å². The van der Waals surface area contributed by atoms with Gasteiger partial charge in [0.2, 0.25) is 5.75 Å². The van der Waals surface area contributed by atoms with Gasteiger partial charge in [0.25, 0.3) is 0 Å². The summed E-state index contributed by atoms with van der Waals surface area (Å²) in [5, 5.41) is 1.42. The molecule has 118 valence electrons. The van der Waals surface area contributed by atoms with Gasteiger partial charge in [0.15, 0.2) is 11.2 Å². The quantitative estimate of drug-likeness (QED) is 0.425. The van der Waals surface area contributed by atoms with Crippen molar-refractivity contribution in [3.63, 3.8) is 0 Å². The molecule has 0 aliphatic heterocycles. The van der Waals surface area contributed by atoms with E-state index in [4.69, 9.17) is 13.6 Å². The number of pyridine rings is 1. The Bertz CT molecular complexity index is 1110. The van der Waals surface area contributed by atoms with Crippen LogP contribution in [0, 0.1) is 0 Å². The first kappa shape index (κ1) is 14.2. The Balaban J connectivity index is 2.04. The molecule has 3 heterocycles. The molecule has 24 heavy (non-hydrogen) atoms. The number of methoxy groups -OCH3 is 1. The summed E-state index contributed by atoms with van der Waals surface area (Å²) in [7, 11) is 1.50. The van der Waals surface area contributed by atoms with Crippen LogP contribution in [0.15, 0.2) is 67.5 Å². The third-order valence-electron chi connectivity index (χ3n) is 3.64. The lowest BCUT2D eigenvalue weighted by Gasteiger charge is -2.08. The third kappa shape index (κ3) is 2.25. The van der Waals surface area contributed by atoms with Crippen LogP contribution in [0.1, 0.15) is 5.69 Å². The minimum atomic E-state index is -0.466. The van der Waals surface area contributed by atoms with E-state index < -0.39 is 5.63 Å². The van der Waals surface area contributed by atoms with E-state index in [2.05, 4.69) is 9.98 Å². The first-order chi connectivity index (χ1) is 11.8. The minimum absolute atomic E-state index is 0.306. The van der Waals surface area contributed by atoms with Gasteiger partial charge < -0.3 is 13.6 Å². The molecular weight excluding hydrogens is 308 g/mol. The summed E-state index contributed by atoms with van der Waals surface area (Å²) in [5.74, 6) is 0.375. The van der Waals surface area contributed by atoms with Crippen LogP contribution in [0.25, 0.3) is 21.9 Å². The Morgan fingerprint density at radius 2 is 2.00 bits per heavy atom. The number of aliphatic imine (C=N–C) groups is 1. The molecule has 3 aromatic heterocycles. The van der Waals surface area contributed by atoms with Crippen molar-refractivity contribution < 1.29 is 13.6 Å². The Hall–Kier alpha value is -3.41. The zero-order chi connectivity index (χ0) is 16.5. The number of nitrogens with zero attached hydrogens (tertiary/aromatic N) is 2. The molecule has 0 saturated heterocycles. The second-order valence-corrected chi connectivity index (χ2v) is 5.06. The van der Waals surface area contributed by atoms with E-state index in [0.717, 1.165) is 11.1 Å². The lowest BCUT2D eigenvalue weighted by Crippen LogP contribution is -1.97. The first-order valence-electron chi connectivity index (χ1n) is 7.24. The van der Waals surface area contributed by atoms with Gasteiger partial charge in [-0.1, -0.05) is 6.07 Å². The molecule has 0 atom stereocenters. The van der Waals surface area contributed by atoms with Crippen LogP contribution in [0.2, 0.25) is 0 Å². The molecule has 0 saturated carbocycles. The van der Waals surface area contributed by atoms with Crippen LogP contribution < -0.4 is 10.4 Å². The molecule has 6 heteroatoms.